The van der Waals surface area contributed by atoms with Gasteiger partial charge in [0.1, 0.15) is 0 Å². The first-order valence-corrected chi connectivity index (χ1v) is 14.5. The average Bonchev–Trinajstić information content (AvgIpc) is 3.02. The molecule has 224 valence electrons. The number of aliphatic hydroxyl groups excluding tert-OH is 1. The van der Waals surface area contributed by atoms with Gasteiger partial charge in [0.15, 0.2) is 17.8 Å². The highest BCUT2D eigenvalue weighted by Gasteiger charge is 2.39. The average molecular weight is 576 g/mol. The lowest BCUT2D eigenvalue weighted by Gasteiger charge is -2.43. The van der Waals surface area contributed by atoms with Gasteiger partial charge in [-0.25, -0.2) is 4.79 Å². The summed E-state index contributed by atoms with van der Waals surface area (Å²) in [7, 11) is 3.33. The SMILES string of the molecule is CCNC(=O)Nc1ccc(C2OC(CN3CCc4cc(OC)c(OC)cc4C3)C(C)C(c3ccc(CO)cc3)O2)cc1. The second-order valence-corrected chi connectivity index (χ2v) is 10.9. The van der Waals surface area contributed by atoms with Crippen LogP contribution < -0.4 is 20.1 Å². The molecule has 2 heterocycles. The van der Waals surface area contributed by atoms with Crippen molar-refractivity contribution in [3.05, 3.63) is 88.5 Å². The molecule has 1 fully saturated rings. The van der Waals surface area contributed by atoms with Crippen LogP contribution in [0.4, 0.5) is 10.5 Å². The monoisotopic (exact) mass is 575 g/mol. The minimum Gasteiger partial charge on any atom is -0.493 e. The zero-order valence-electron chi connectivity index (χ0n) is 24.8. The summed E-state index contributed by atoms with van der Waals surface area (Å²) in [4.78, 5) is 14.4. The lowest BCUT2D eigenvalue weighted by molar-refractivity contribution is -0.276. The summed E-state index contributed by atoms with van der Waals surface area (Å²) in [6.45, 7) is 7.06. The minimum absolute atomic E-state index is 0.000520. The van der Waals surface area contributed by atoms with Crippen LogP contribution >= 0.6 is 0 Å². The van der Waals surface area contributed by atoms with Crippen molar-refractivity contribution in [2.24, 2.45) is 5.92 Å². The highest BCUT2D eigenvalue weighted by Crippen LogP contribution is 2.42. The summed E-state index contributed by atoms with van der Waals surface area (Å²) < 4.78 is 24.3. The van der Waals surface area contributed by atoms with E-state index in [9.17, 15) is 9.90 Å². The van der Waals surface area contributed by atoms with Crippen molar-refractivity contribution in [2.75, 3.05) is 39.2 Å². The first-order valence-electron chi connectivity index (χ1n) is 14.5. The maximum atomic E-state index is 12.0. The van der Waals surface area contributed by atoms with Crippen LogP contribution in [0.3, 0.4) is 0 Å². The molecule has 3 N–H and O–H groups in total. The Balaban J connectivity index is 1.36. The Labute approximate surface area is 247 Å². The van der Waals surface area contributed by atoms with Crippen molar-refractivity contribution < 1.29 is 28.8 Å². The Morgan fingerprint density at radius 2 is 1.64 bits per heavy atom. The first-order chi connectivity index (χ1) is 20.4. The van der Waals surface area contributed by atoms with Gasteiger partial charge in [-0.15, -0.1) is 0 Å². The van der Waals surface area contributed by atoms with Crippen LogP contribution in [-0.2, 0) is 29.0 Å². The maximum Gasteiger partial charge on any atom is 0.319 e. The molecule has 0 aromatic heterocycles. The highest BCUT2D eigenvalue weighted by atomic mass is 16.7. The van der Waals surface area contributed by atoms with Crippen LogP contribution in [0, 0.1) is 5.92 Å². The van der Waals surface area contributed by atoms with Crippen molar-refractivity contribution >= 4 is 11.7 Å². The van der Waals surface area contributed by atoms with Crippen LogP contribution in [0.2, 0.25) is 0 Å². The largest absolute Gasteiger partial charge is 0.493 e. The van der Waals surface area contributed by atoms with Crippen LogP contribution in [-0.4, -0.2) is 56.0 Å². The zero-order chi connectivity index (χ0) is 29.6. The van der Waals surface area contributed by atoms with Gasteiger partial charge >= 0.3 is 6.03 Å². The molecule has 4 unspecified atom stereocenters. The molecule has 9 nitrogen and oxygen atoms in total. The molecule has 3 aromatic rings. The molecule has 0 saturated carbocycles. The standard InChI is InChI=1S/C33H41N3O6/c1-5-34-33(38)35-27-12-10-24(11-13-27)32-41-30(21(2)31(42-32)23-8-6-22(20-37)7-9-23)19-36-15-14-25-16-28(39-3)29(40-4)17-26(25)18-36/h6-13,16-17,21,30-32,37H,5,14-15,18-20H2,1-4H3,(H2,34,35,38). The fourth-order valence-electron chi connectivity index (χ4n) is 5.74. The Hall–Kier alpha value is -3.63. The van der Waals surface area contributed by atoms with Gasteiger partial charge < -0.3 is 34.7 Å². The van der Waals surface area contributed by atoms with E-state index in [-0.39, 0.29) is 30.8 Å². The molecule has 2 aliphatic rings. The third-order valence-electron chi connectivity index (χ3n) is 8.14. The summed E-state index contributed by atoms with van der Waals surface area (Å²) in [6, 6.07) is 19.5. The Bertz CT molecular complexity index is 1350. The molecular weight excluding hydrogens is 534 g/mol. The number of benzene rings is 3. The molecule has 0 spiro atoms. The highest BCUT2D eigenvalue weighted by molar-refractivity contribution is 5.89. The van der Waals surface area contributed by atoms with Crippen LogP contribution in [0.1, 0.15) is 54.1 Å². The number of nitrogens with zero attached hydrogens (tertiary/aromatic N) is 1. The van der Waals surface area contributed by atoms with E-state index in [2.05, 4.69) is 34.6 Å². The van der Waals surface area contributed by atoms with Gasteiger partial charge in [-0.2, -0.15) is 0 Å². The summed E-state index contributed by atoms with van der Waals surface area (Å²) >= 11 is 0. The third-order valence-corrected chi connectivity index (χ3v) is 8.14. The van der Waals surface area contributed by atoms with Crippen LogP contribution in [0.15, 0.2) is 60.7 Å². The summed E-state index contributed by atoms with van der Waals surface area (Å²) in [6.07, 6.45) is 0.0499. The number of fused-ring (bicyclic) bond motifs is 1. The molecule has 9 heteroatoms. The van der Waals surface area contributed by atoms with Crippen LogP contribution in [0.5, 0.6) is 11.5 Å². The Morgan fingerprint density at radius 3 is 2.29 bits per heavy atom. The smallest absolute Gasteiger partial charge is 0.319 e. The van der Waals surface area contributed by atoms with Gasteiger partial charge in [0.05, 0.1) is 33.0 Å². The minimum atomic E-state index is -0.575. The van der Waals surface area contributed by atoms with Crippen molar-refractivity contribution in [1.29, 1.82) is 0 Å². The number of anilines is 1. The van der Waals surface area contributed by atoms with Gasteiger partial charge in [-0.3, -0.25) is 4.90 Å². The Kier molecular flexibility index (Phi) is 9.64. The first kappa shape index (κ1) is 29.8. The predicted molar refractivity (Wildman–Crippen MR) is 161 cm³/mol. The number of aliphatic hydroxyl groups is 1. The van der Waals surface area contributed by atoms with E-state index in [1.807, 2.05) is 55.5 Å². The van der Waals surface area contributed by atoms with Crippen molar-refractivity contribution in [2.45, 2.75) is 51.9 Å². The lowest BCUT2D eigenvalue weighted by Crippen LogP contribution is -2.45. The predicted octanol–water partition coefficient (Wildman–Crippen LogP) is 5.19. The van der Waals surface area contributed by atoms with Gasteiger partial charge in [-0.05, 0) is 59.9 Å². The fraction of sp³-hybridized carbons (Fsp3) is 0.424. The van der Waals surface area contributed by atoms with Crippen molar-refractivity contribution in [3.8, 4) is 11.5 Å². The number of nitrogens with one attached hydrogen (secondary N) is 2. The van der Waals surface area contributed by atoms with Gasteiger partial charge in [-0.1, -0.05) is 43.3 Å². The van der Waals surface area contributed by atoms with Crippen LogP contribution in [0.25, 0.3) is 0 Å². The third kappa shape index (κ3) is 6.71. The molecule has 0 radical (unpaired) electrons. The van der Waals surface area contributed by atoms with E-state index in [1.165, 1.54) is 11.1 Å². The van der Waals surface area contributed by atoms with Gasteiger partial charge in [0, 0.05) is 43.3 Å². The summed E-state index contributed by atoms with van der Waals surface area (Å²) in [5.74, 6) is 1.58. The van der Waals surface area contributed by atoms with E-state index in [0.29, 0.717) is 12.2 Å². The second kappa shape index (κ2) is 13.6. The fourth-order valence-corrected chi connectivity index (χ4v) is 5.74. The number of methoxy groups -OCH3 is 2. The second-order valence-electron chi connectivity index (χ2n) is 10.9. The maximum absolute atomic E-state index is 12.0. The molecule has 4 atom stereocenters. The molecule has 5 rings (SSSR count). The molecule has 2 aliphatic heterocycles. The van der Waals surface area contributed by atoms with E-state index >= 15 is 0 Å². The number of hydrogen-bond donors (Lipinski definition) is 3. The van der Waals surface area contributed by atoms with Crippen molar-refractivity contribution in [3.63, 3.8) is 0 Å². The number of ether oxygens (including phenoxy) is 4. The van der Waals surface area contributed by atoms with Gasteiger partial charge in [0.25, 0.3) is 0 Å². The Morgan fingerprint density at radius 1 is 0.976 bits per heavy atom. The van der Waals surface area contributed by atoms with E-state index < -0.39 is 6.29 Å². The van der Waals surface area contributed by atoms with Gasteiger partial charge in [0.2, 0.25) is 0 Å². The molecule has 1 saturated heterocycles. The molecule has 0 bridgehead atoms. The van der Waals surface area contributed by atoms with E-state index in [0.717, 1.165) is 54.2 Å². The number of hydrogen-bond acceptors (Lipinski definition) is 7. The van der Waals surface area contributed by atoms with Crippen molar-refractivity contribution in [1.82, 2.24) is 10.2 Å². The number of carbonyl (C=O) groups is 1. The number of rotatable bonds is 9. The quantitative estimate of drug-likeness (QED) is 0.323. The van der Waals surface area contributed by atoms with E-state index in [1.54, 1.807) is 14.2 Å². The summed E-state index contributed by atoms with van der Waals surface area (Å²) in [5, 5.41) is 15.1. The molecule has 0 aliphatic carbocycles. The normalized spacial score (nSPS) is 22.2. The molecular formula is C33H41N3O6. The lowest BCUT2D eigenvalue weighted by atomic mass is 9.89. The zero-order valence-corrected chi connectivity index (χ0v) is 24.8. The van der Waals surface area contributed by atoms with E-state index in [4.69, 9.17) is 18.9 Å². The molecule has 2 amide bonds. The summed E-state index contributed by atoms with van der Waals surface area (Å²) in [5.41, 5.74) is 6.01. The molecule has 42 heavy (non-hydrogen) atoms. The molecule has 3 aromatic carbocycles. The number of urea groups is 1. The number of carbonyl (C=O) groups excluding carboxylic acids is 1. The topological polar surface area (TPSA) is 102 Å². The number of amides is 2.